The smallest absolute Gasteiger partial charge is 0.419 e. The number of alkyl halides is 3. The van der Waals surface area contributed by atoms with E-state index in [1.807, 2.05) is 4.90 Å². The zero-order chi connectivity index (χ0) is 25.8. The molecule has 1 heterocycles. The van der Waals surface area contributed by atoms with Crippen LogP contribution < -0.4 is 4.74 Å². The first-order valence-corrected chi connectivity index (χ1v) is 11.9. The predicted octanol–water partition coefficient (Wildman–Crippen LogP) is 6.70. The van der Waals surface area contributed by atoms with Gasteiger partial charge in [0, 0.05) is 35.2 Å². The predicted molar refractivity (Wildman–Crippen MR) is 128 cm³/mol. The maximum Gasteiger partial charge on any atom is 0.419 e. The van der Waals surface area contributed by atoms with E-state index in [2.05, 4.69) is 0 Å². The van der Waals surface area contributed by atoms with Gasteiger partial charge >= 0.3 is 12.1 Å². The highest BCUT2D eigenvalue weighted by Crippen LogP contribution is 2.39. The minimum atomic E-state index is -4.64. The zero-order valence-corrected chi connectivity index (χ0v) is 21.3. The Labute approximate surface area is 213 Å². The SMILES string of the molecule is CC(C)(C)OC(=O)CCN1CCOC(c2ccc(OCc3c(Cl)cccc3Cl)c(C(F)(F)F)c2)C1. The van der Waals surface area contributed by atoms with Crippen LogP contribution in [0.3, 0.4) is 0 Å². The Morgan fingerprint density at radius 1 is 1.14 bits per heavy atom. The van der Waals surface area contributed by atoms with Crippen molar-refractivity contribution in [1.29, 1.82) is 0 Å². The van der Waals surface area contributed by atoms with Crippen LogP contribution in [0.25, 0.3) is 0 Å². The Morgan fingerprint density at radius 3 is 2.46 bits per heavy atom. The molecule has 35 heavy (non-hydrogen) atoms. The lowest BCUT2D eigenvalue weighted by molar-refractivity contribution is -0.155. The number of ether oxygens (including phenoxy) is 3. The number of esters is 1. The minimum absolute atomic E-state index is 0.190. The maximum absolute atomic E-state index is 13.9. The number of hydrogen-bond donors (Lipinski definition) is 0. The molecule has 0 bridgehead atoms. The van der Waals surface area contributed by atoms with Gasteiger partial charge in [0.15, 0.2) is 0 Å². The van der Waals surface area contributed by atoms with E-state index in [1.165, 1.54) is 6.07 Å². The molecule has 192 valence electrons. The Hall–Kier alpha value is -2.00. The monoisotopic (exact) mass is 533 g/mol. The molecule has 1 aliphatic heterocycles. The molecular formula is C25H28Cl2F3NO4. The molecule has 10 heteroatoms. The van der Waals surface area contributed by atoms with Crippen molar-refractivity contribution in [3.05, 3.63) is 63.1 Å². The molecule has 1 aliphatic rings. The van der Waals surface area contributed by atoms with Gasteiger partial charge in [-0.2, -0.15) is 13.2 Å². The average Bonchev–Trinajstić information content (AvgIpc) is 2.76. The molecule has 2 aromatic carbocycles. The summed E-state index contributed by atoms with van der Waals surface area (Å²) in [6.07, 6.45) is -5.02. The number of carbonyl (C=O) groups is 1. The number of rotatable bonds is 7. The Kier molecular flexibility index (Phi) is 8.96. The number of hydrogen-bond acceptors (Lipinski definition) is 5. The molecule has 0 saturated carbocycles. The molecule has 1 unspecified atom stereocenters. The molecule has 1 atom stereocenters. The number of benzene rings is 2. The molecule has 0 radical (unpaired) electrons. The highest BCUT2D eigenvalue weighted by Gasteiger charge is 2.36. The van der Waals surface area contributed by atoms with Gasteiger partial charge in [-0.05, 0) is 50.6 Å². The van der Waals surface area contributed by atoms with E-state index in [1.54, 1.807) is 45.0 Å². The van der Waals surface area contributed by atoms with Crippen molar-refractivity contribution in [1.82, 2.24) is 4.90 Å². The summed E-state index contributed by atoms with van der Waals surface area (Å²) < 4.78 is 58.2. The minimum Gasteiger partial charge on any atom is -0.488 e. The molecule has 2 aromatic rings. The second kappa shape index (κ2) is 11.4. The molecule has 0 N–H and O–H groups in total. The van der Waals surface area contributed by atoms with Crippen LogP contribution >= 0.6 is 23.2 Å². The van der Waals surface area contributed by atoms with E-state index in [-0.39, 0.29) is 24.7 Å². The van der Waals surface area contributed by atoms with Gasteiger partial charge in [0.1, 0.15) is 18.0 Å². The van der Waals surface area contributed by atoms with Crippen LogP contribution in [0, 0.1) is 0 Å². The first-order valence-electron chi connectivity index (χ1n) is 11.2. The Bertz CT molecular complexity index is 1020. The third-order valence-electron chi connectivity index (χ3n) is 5.32. The lowest BCUT2D eigenvalue weighted by Crippen LogP contribution is -2.40. The lowest BCUT2D eigenvalue weighted by Gasteiger charge is -2.33. The Balaban J connectivity index is 1.71. The van der Waals surface area contributed by atoms with Crippen LogP contribution in [0.4, 0.5) is 13.2 Å². The fraction of sp³-hybridized carbons (Fsp3) is 0.480. The van der Waals surface area contributed by atoms with Crippen LogP contribution in [0.15, 0.2) is 36.4 Å². The van der Waals surface area contributed by atoms with E-state index < -0.39 is 23.4 Å². The van der Waals surface area contributed by atoms with Crippen LogP contribution in [0.1, 0.15) is 50.0 Å². The molecule has 0 aliphatic carbocycles. The standard InChI is InChI=1S/C25H28Cl2F3NO4/c1-24(2,3)35-23(32)9-10-31-11-12-33-22(14-31)16-7-8-21(18(13-16)25(28,29)30)34-15-17-19(26)5-4-6-20(17)27/h4-8,13,22H,9-12,14-15H2,1-3H3. The van der Waals surface area contributed by atoms with E-state index in [9.17, 15) is 18.0 Å². The third-order valence-corrected chi connectivity index (χ3v) is 6.03. The molecule has 1 saturated heterocycles. The average molecular weight is 534 g/mol. The largest absolute Gasteiger partial charge is 0.488 e. The van der Waals surface area contributed by atoms with Gasteiger partial charge in [0.25, 0.3) is 0 Å². The van der Waals surface area contributed by atoms with E-state index in [4.69, 9.17) is 37.4 Å². The number of nitrogens with zero attached hydrogens (tertiary/aromatic N) is 1. The second-order valence-corrected chi connectivity index (χ2v) is 10.1. The van der Waals surface area contributed by atoms with Gasteiger partial charge in [-0.15, -0.1) is 0 Å². The van der Waals surface area contributed by atoms with Gasteiger partial charge < -0.3 is 14.2 Å². The van der Waals surface area contributed by atoms with Crippen molar-refractivity contribution in [3.63, 3.8) is 0 Å². The fourth-order valence-electron chi connectivity index (χ4n) is 3.66. The van der Waals surface area contributed by atoms with Gasteiger partial charge in [-0.25, -0.2) is 0 Å². The van der Waals surface area contributed by atoms with Gasteiger partial charge in [0.05, 0.1) is 24.7 Å². The third kappa shape index (κ3) is 8.00. The summed E-state index contributed by atoms with van der Waals surface area (Å²) in [5, 5.41) is 0.620. The molecule has 0 aromatic heterocycles. The highest BCUT2D eigenvalue weighted by atomic mass is 35.5. The van der Waals surface area contributed by atoms with E-state index >= 15 is 0 Å². The number of carbonyl (C=O) groups excluding carboxylic acids is 1. The normalized spacial score (nSPS) is 17.3. The summed E-state index contributed by atoms with van der Waals surface area (Å²) in [6, 6.07) is 8.72. The lowest BCUT2D eigenvalue weighted by atomic mass is 10.0. The first-order chi connectivity index (χ1) is 16.3. The van der Waals surface area contributed by atoms with Crippen LogP contribution in [0.2, 0.25) is 10.0 Å². The maximum atomic E-state index is 13.9. The fourth-order valence-corrected chi connectivity index (χ4v) is 4.17. The van der Waals surface area contributed by atoms with Crippen molar-refractivity contribution >= 4 is 29.2 Å². The summed E-state index contributed by atoms with van der Waals surface area (Å²) in [4.78, 5) is 14.0. The molecular weight excluding hydrogens is 506 g/mol. The highest BCUT2D eigenvalue weighted by molar-refractivity contribution is 6.35. The topological polar surface area (TPSA) is 48.0 Å². The molecule has 3 rings (SSSR count). The van der Waals surface area contributed by atoms with E-state index in [0.717, 1.165) is 6.07 Å². The molecule has 5 nitrogen and oxygen atoms in total. The van der Waals surface area contributed by atoms with Gasteiger partial charge in [0.2, 0.25) is 0 Å². The van der Waals surface area contributed by atoms with Crippen molar-refractivity contribution in [2.45, 2.75) is 51.7 Å². The van der Waals surface area contributed by atoms with Crippen molar-refractivity contribution < 1.29 is 32.2 Å². The quantitative estimate of drug-likeness (QED) is 0.370. The van der Waals surface area contributed by atoms with Crippen molar-refractivity contribution in [2.24, 2.45) is 0 Å². The zero-order valence-electron chi connectivity index (χ0n) is 19.8. The Morgan fingerprint density at radius 2 is 1.83 bits per heavy atom. The van der Waals surface area contributed by atoms with Gasteiger partial charge in [-0.1, -0.05) is 35.3 Å². The van der Waals surface area contributed by atoms with Crippen molar-refractivity contribution in [2.75, 3.05) is 26.2 Å². The summed E-state index contributed by atoms with van der Waals surface area (Å²) in [5.41, 5.74) is -0.695. The van der Waals surface area contributed by atoms with Crippen LogP contribution in [-0.4, -0.2) is 42.7 Å². The number of morpholine rings is 1. The number of halogens is 5. The summed E-state index contributed by atoms with van der Waals surface area (Å²) in [7, 11) is 0. The molecule has 0 amide bonds. The molecule has 0 spiro atoms. The summed E-state index contributed by atoms with van der Waals surface area (Å²) >= 11 is 12.2. The van der Waals surface area contributed by atoms with Crippen LogP contribution in [-0.2, 0) is 27.1 Å². The molecule has 1 fully saturated rings. The van der Waals surface area contributed by atoms with Gasteiger partial charge in [-0.3, -0.25) is 9.69 Å². The van der Waals surface area contributed by atoms with Crippen molar-refractivity contribution in [3.8, 4) is 5.75 Å². The summed E-state index contributed by atoms with van der Waals surface area (Å²) in [6.45, 7) is 6.88. The first kappa shape index (κ1) is 27.6. The summed E-state index contributed by atoms with van der Waals surface area (Å²) in [5.74, 6) is -0.644. The van der Waals surface area contributed by atoms with E-state index in [0.29, 0.717) is 47.4 Å². The van der Waals surface area contributed by atoms with Crippen LogP contribution in [0.5, 0.6) is 5.75 Å². The second-order valence-electron chi connectivity index (χ2n) is 9.24.